The van der Waals surface area contributed by atoms with Gasteiger partial charge in [-0.2, -0.15) is 0 Å². The predicted octanol–water partition coefficient (Wildman–Crippen LogP) is 3.44. The fraction of sp³-hybridized carbons (Fsp3) is 0.500. The quantitative estimate of drug-likeness (QED) is 0.414. The summed E-state index contributed by atoms with van der Waals surface area (Å²) in [5, 5.41) is 0.709. The third-order valence-electron chi connectivity index (χ3n) is 6.45. The van der Waals surface area contributed by atoms with Crippen molar-refractivity contribution < 1.29 is 23.5 Å². The van der Waals surface area contributed by atoms with Crippen molar-refractivity contribution in [3.63, 3.8) is 0 Å². The molecule has 2 atom stereocenters. The maximum absolute atomic E-state index is 12.6. The largest absolute Gasteiger partial charge is 0.459 e. The number of esters is 1. The lowest BCUT2D eigenvalue weighted by molar-refractivity contribution is -0.153. The molecule has 0 bridgehead atoms. The molecule has 2 aromatic rings. The van der Waals surface area contributed by atoms with Gasteiger partial charge in [0, 0.05) is 17.0 Å². The summed E-state index contributed by atoms with van der Waals surface area (Å²) in [6, 6.07) is 5.09. The maximum atomic E-state index is 12.6. The topological polar surface area (TPSA) is 93.9 Å². The zero-order valence-corrected chi connectivity index (χ0v) is 18.1. The summed E-state index contributed by atoms with van der Waals surface area (Å²) < 4.78 is 10.7. The van der Waals surface area contributed by atoms with Gasteiger partial charge in [-0.25, -0.2) is 4.79 Å². The lowest BCUT2D eigenvalue weighted by Gasteiger charge is -2.19. The summed E-state index contributed by atoms with van der Waals surface area (Å²) in [4.78, 5) is 50.6. The highest BCUT2D eigenvalue weighted by Gasteiger charge is 2.48. The van der Waals surface area contributed by atoms with E-state index in [0.717, 1.165) is 28.9 Å². The van der Waals surface area contributed by atoms with Crippen molar-refractivity contribution in [3.05, 3.63) is 45.3 Å². The van der Waals surface area contributed by atoms with Crippen molar-refractivity contribution in [2.75, 3.05) is 6.54 Å². The van der Waals surface area contributed by atoms with Gasteiger partial charge < -0.3 is 9.15 Å². The van der Waals surface area contributed by atoms with Gasteiger partial charge in [-0.1, -0.05) is 26.7 Å². The van der Waals surface area contributed by atoms with E-state index in [1.165, 1.54) is 6.07 Å². The van der Waals surface area contributed by atoms with Gasteiger partial charge in [-0.3, -0.25) is 19.3 Å². The first-order valence-corrected chi connectivity index (χ1v) is 10.8. The Balaban J connectivity index is 1.50. The molecule has 0 radical (unpaired) electrons. The molecule has 1 aliphatic carbocycles. The molecule has 0 spiro atoms. The number of carbonyl (C=O) groups excluding carboxylic acids is 3. The number of fused-ring (bicyclic) bond motifs is 2. The standard InChI is InChI=1S/C24H27NO6/c1-13(2)18-10-19-15(9-21(26)31-20(19)8-14(18)3)12-30-22(27)11-25-23(28)16-6-4-5-7-17(16)24(25)29/h8-10,13,16-17H,4-7,11-12H2,1-3H3/t16-,17+. The molecular weight excluding hydrogens is 398 g/mol. The van der Waals surface area contributed by atoms with Gasteiger partial charge in [0.2, 0.25) is 11.8 Å². The molecule has 1 saturated carbocycles. The van der Waals surface area contributed by atoms with Crippen LogP contribution in [0.15, 0.2) is 27.4 Å². The first kappa shape index (κ1) is 21.3. The van der Waals surface area contributed by atoms with Crippen LogP contribution < -0.4 is 5.63 Å². The van der Waals surface area contributed by atoms with Crippen LogP contribution >= 0.6 is 0 Å². The number of aryl methyl sites for hydroxylation is 1. The van der Waals surface area contributed by atoms with Crippen molar-refractivity contribution >= 4 is 28.8 Å². The van der Waals surface area contributed by atoms with Crippen molar-refractivity contribution in [2.24, 2.45) is 11.8 Å². The van der Waals surface area contributed by atoms with Gasteiger partial charge >= 0.3 is 11.6 Å². The van der Waals surface area contributed by atoms with Gasteiger partial charge in [0.1, 0.15) is 18.7 Å². The maximum Gasteiger partial charge on any atom is 0.336 e. The van der Waals surface area contributed by atoms with Crippen LogP contribution in [0, 0.1) is 18.8 Å². The first-order valence-electron chi connectivity index (χ1n) is 10.8. The van der Waals surface area contributed by atoms with E-state index in [4.69, 9.17) is 9.15 Å². The summed E-state index contributed by atoms with van der Waals surface area (Å²) in [5.74, 6) is -1.52. The van der Waals surface area contributed by atoms with Gasteiger partial charge in [-0.05, 0) is 48.9 Å². The number of hydrogen-bond donors (Lipinski definition) is 0. The number of rotatable bonds is 5. The Morgan fingerprint density at radius 3 is 2.35 bits per heavy atom. The first-order chi connectivity index (χ1) is 14.8. The second kappa shape index (κ2) is 8.29. The van der Waals surface area contributed by atoms with Crippen LogP contribution in [0.2, 0.25) is 0 Å². The van der Waals surface area contributed by atoms with Gasteiger partial charge in [0.05, 0.1) is 11.8 Å². The lowest BCUT2D eigenvalue weighted by Crippen LogP contribution is -2.36. The Morgan fingerprint density at radius 2 is 1.74 bits per heavy atom. The van der Waals surface area contributed by atoms with Gasteiger partial charge in [0.15, 0.2) is 0 Å². The average Bonchev–Trinajstić information content (AvgIpc) is 2.96. The number of imide groups is 1. The minimum Gasteiger partial charge on any atom is -0.459 e. The Hall–Kier alpha value is -2.96. The summed E-state index contributed by atoms with van der Waals surface area (Å²) in [7, 11) is 0. The van der Waals surface area contributed by atoms with Crippen LogP contribution in [-0.4, -0.2) is 29.2 Å². The second-order valence-electron chi connectivity index (χ2n) is 8.87. The third-order valence-corrected chi connectivity index (χ3v) is 6.45. The molecule has 7 heteroatoms. The Morgan fingerprint density at radius 1 is 1.10 bits per heavy atom. The molecule has 2 amide bonds. The van der Waals surface area contributed by atoms with Gasteiger partial charge in [0.25, 0.3) is 0 Å². The Labute approximate surface area is 180 Å². The van der Waals surface area contributed by atoms with Crippen LogP contribution in [0.1, 0.15) is 62.1 Å². The van der Waals surface area contributed by atoms with Crippen molar-refractivity contribution in [1.82, 2.24) is 4.90 Å². The Bertz CT molecular complexity index is 1090. The van der Waals surface area contributed by atoms with Crippen LogP contribution in [-0.2, 0) is 25.7 Å². The molecule has 0 N–H and O–H groups in total. The molecule has 2 fully saturated rings. The van der Waals surface area contributed by atoms with Crippen LogP contribution in [0.25, 0.3) is 11.0 Å². The number of likely N-dealkylation sites (tertiary alicyclic amines) is 1. The molecule has 4 rings (SSSR count). The molecular formula is C24H27NO6. The molecule has 2 heterocycles. The summed E-state index contributed by atoms with van der Waals surface area (Å²) >= 11 is 0. The number of ether oxygens (including phenoxy) is 1. The fourth-order valence-corrected chi connectivity index (χ4v) is 4.85. The van der Waals surface area contributed by atoms with Gasteiger partial charge in [-0.15, -0.1) is 0 Å². The molecule has 31 heavy (non-hydrogen) atoms. The monoisotopic (exact) mass is 425 g/mol. The second-order valence-corrected chi connectivity index (χ2v) is 8.87. The molecule has 164 valence electrons. The molecule has 1 saturated heterocycles. The lowest BCUT2D eigenvalue weighted by atomic mass is 9.81. The van der Waals surface area contributed by atoms with E-state index in [2.05, 4.69) is 13.8 Å². The zero-order valence-electron chi connectivity index (χ0n) is 18.1. The highest BCUT2D eigenvalue weighted by molar-refractivity contribution is 6.07. The van der Waals surface area contributed by atoms with Crippen molar-refractivity contribution in [1.29, 1.82) is 0 Å². The van der Waals surface area contributed by atoms with Crippen molar-refractivity contribution in [2.45, 2.75) is 59.0 Å². The molecule has 7 nitrogen and oxygen atoms in total. The van der Waals surface area contributed by atoms with Crippen LogP contribution in [0.4, 0.5) is 0 Å². The summed E-state index contributed by atoms with van der Waals surface area (Å²) in [6.45, 7) is 5.59. The van der Waals surface area contributed by atoms with Crippen LogP contribution in [0.3, 0.4) is 0 Å². The molecule has 2 aliphatic rings. The van der Waals surface area contributed by atoms with E-state index in [0.29, 0.717) is 29.4 Å². The van der Waals surface area contributed by atoms with E-state index in [1.54, 1.807) is 0 Å². The van der Waals surface area contributed by atoms with E-state index >= 15 is 0 Å². The minimum absolute atomic E-state index is 0.134. The molecule has 0 unspecified atom stereocenters. The van der Waals surface area contributed by atoms with Crippen molar-refractivity contribution in [3.8, 4) is 0 Å². The average molecular weight is 425 g/mol. The fourth-order valence-electron chi connectivity index (χ4n) is 4.85. The molecule has 1 aromatic carbocycles. The number of carbonyl (C=O) groups is 3. The number of amides is 2. The highest BCUT2D eigenvalue weighted by atomic mass is 16.5. The van der Waals surface area contributed by atoms with E-state index in [1.807, 2.05) is 19.1 Å². The van der Waals surface area contributed by atoms with Crippen LogP contribution in [0.5, 0.6) is 0 Å². The third kappa shape index (κ3) is 4.01. The molecule has 1 aliphatic heterocycles. The van der Waals surface area contributed by atoms with E-state index in [9.17, 15) is 19.2 Å². The highest BCUT2D eigenvalue weighted by Crippen LogP contribution is 2.38. The zero-order chi connectivity index (χ0) is 22.3. The Kier molecular flexibility index (Phi) is 5.69. The van der Waals surface area contributed by atoms with E-state index in [-0.39, 0.29) is 42.7 Å². The number of nitrogens with zero attached hydrogens (tertiary/aromatic N) is 1. The molecule has 1 aromatic heterocycles. The minimum atomic E-state index is -0.669. The normalized spacial score (nSPS) is 21.1. The summed E-state index contributed by atoms with van der Waals surface area (Å²) in [6.07, 6.45) is 3.26. The summed E-state index contributed by atoms with van der Waals surface area (Å²) in [5.41, 5.74) is 2.59. The van der Waals surface area contributed by atoms with E-state index < -0.39 is 11.6 Å². The smallest absolute Gasteiger partial charge is 0.336 e. The SMILES string of the molecule is Cc1cc2oc(=O)cc(COC(=O)CN3C(=O)[C@H]4CCCC[C@H]4C3=O)c2cc1C(C)C. The number of benzene rings is 1. The predicted molar refractivity (Wildman–Crippen MR) is 113 cm³/mol. The number of hydrogen-bond acceptors (Lipinski definition) is 6.